The lowest BCUT2D eigenvalue weighted by atomic mass is 9.89. The van der Waals surface area contributed by atoms with E-state index in [-0.39, 0.29) is 6.61 Å². The quantitative estimate of drug-likeness (QED) is 0.828. The van der Waals surface area contributed by atoms with Crippen molar-refractivity contribution in [2.24, 2.45) is 5.41 Å². The van der Waals surface area contributed by atoms with E-state index in [1.807, 2.05) is 4.68 Å². The van der Waals surface area contributed by atoms with Gasteiger partial charge < -0.3 is 10.4 Å². The van der Waals surface area contributed by atoms with Crippen LogP contribution in [0.3, 0.4) is 0 Å². The van der Waals surface area contributed by atoms with Crippen molar-refractivity contribution in [1.29, 1.82) is 0 Å². The van der Waals surface area contributed by atoms with Crippen molar-refractivity contribution in [2.45, 2.75) is 59.5 Å². The number of aliphatic hydroxyl groups is 1. The number of hydrogen-bond acceptors (Lipinski definition) is 3. The monoisotopic (exact) mass is 265 g/mol. The molecule has 0 bridgehead atoms. The fraction of sp³-hybridized carbons (Fsp3) is 0.800. The predicted octanol–water partition coefficient (Wildman–Crippen LogP) is 2.16. The first kappa shape index (κ1) is 14.5. The fourth-order valence-electron chi connectivity index (χ4n) is 3.20. The Labute approximate surface area is 116 Å². The van der Waals surface area contributed by atoms with Gasteiger partial charge in [-0.3, -0.25) is 4.68 Å². The highest BCUT2D eigenvalue weighted by molar-refractivity contribution is 5.24. The minimum Gasteiger partial charge on any atom is -0.394 e. The summed E-state index contributed by atoms with van der Waals surface area (Å²) in [5, 5.41) is 17.1. The molecule has 1 heterocycles. The molecule has 0 amide bonds. The Kier molecular flexibility index (Phi) is 4.63. The van der Waals surface area contributed by atoms with Crippen molar-refractivity contribution in [2.75, 3.05) is 13.2 Å². The SMILES string of the molecule is Cc1nn(CCO)c(C)c1CNCC1(C)CCCC1. The summed E-state index contributed by atoms with van der Waals surface area (Å²) in [6, 6.07) is 0. The molecule has 1 aromatic heterocycles. The summed E-state index contributed by atoms with van der Waals surface area (Å²) in [6.07, 6.45) is 5.46. The molecule has 0 aromatic carbocycles. The molecule has 2 rings (SSSR count). The molecule has 0 unspecified atom stereocenters. The molecular weight excluding hydrogens is 238 g/mol. The average Bonchev–Trinajstić information content (AvgIpc) is 2.90. The summed E-state index contributed by atoms with van der Waals surface area (Å²) >= 11 is 0. The zero-order valence-electron chi connectivity index (χ0n) is 12.5. The van der Waals surface area contributed by atoms with Crippen LogP contribution in [0.2, 0.25) is 0 Å². The lowest BCUT2D eigenvalue weighted by Crippen LogP contribution is -2.29. The second-order valence-electron chi connectivity index (χ2n) is 6.22. The molecule has 19 heavy (non-hydrogen) atoms. The van der Waals surface area contributed by atoms with Crippen LogP contribution in [0.1, 0.15) is 49.6 Å². The molecule has 1 fully saturated rings. The molecule has 0 spiro atoms. The zero-order chi connectivity index (χ0) is 13.9. The highest BCUT2D eigenvalue weighted by atomic mass is 16.3. The third-order valence-corrected chi connectivity index (χ3v) is 4.51. The Bertz CT molecular complexity index is 419. The maximum atomic E-state index is 9.02. The number of rotatable bonds is 6. The van der Waals surface area contributed by atoms with Crippen molar-refractivity contribution in [3.05, 3.63) is 17.0 Å². The molecule has 1 aromatic rings. The number of aromatic nitrogens is 2. The molecule has 4 heteroatoms. The minimum absolute atomic E-state index is 0.146. The standard InChI is InChI=1S/C15H27N3O/c1-12-14(13(2)18(17-12)8-9-19)10-16-11-15(3)6-4-5-7-15/h16,19H,4-11H2,1-3H3. The van der Waals surface area contributed by atoms with E-state index in [1.165, 1.54) is 36.9 Å². The van der Waals surface area contributed by atoms with Gasteiger partial charge in [0, 0.05) is 24.3 Å². The molecule has 1 aliphatic rings. The van der Waals surface area contributed by atoms with Gasteiger partial charge in [-0.05, 0) is 32.1 Å². The number of aryl methyl sites for hydroxylation is 1. The van der Waals surface area contributed by atoms with Gasteiger partial charge in [-0.1, -0.05) is 19.8 Å². The van der Waals surface area contributed by atoms with Crippen LogP contribution in [0.4, 0.5) is 0 Å². The minimum atomic E-state index is 0.146. The van der Waals surface area contributed by atoms with Crippen LogP contribution in [0, 0.1) is 19.3 Å². The van der Waals surface area contributed by atoms with Gasteiger partial charge in [-0.25, -0.2) is 0 Å². The Morgan fingerprint density at radius 3 is 2.63 bits per heavy atom. The number of hydrogen-bond donors (Lipinski definition) is 2. The summed E-state index contributed by atoms with van der Waals surface area (Å²) in [6.45, 7) is 9.24. The molecule has 0 aliphatic heterocycles. The van der Waals surface area contributed by atoms with Crippen LogP contribution >= 0.6 is 0 Å². The van der Waals surface area contributed by atoms with E-state index in [2.05, 4.69) is 31.2 Å². The number of nitrogens with zero attached hydrogens (tertiary/aromatic N) is 2. The Morgan fingerprint density at radius 2 is 2.00 bits per heavy atom. The molecule has 4 nitrogen and oxygen atoms in total. The van der Waals surface area contributed by atoms with Gasteiger partial charge in [0.25, 0.3) is 0 Å². The maximum Gasteiger partial charge on any atom is 0.0644 e. The molecule has 0 saturated heterocycles. The van der Waals surface area contributed by atoms with Crippen LogP contribution in [0.5, 0.6) is 0 Å². The molecule has 1 saturated carbocycles. The summed E-state index contributed by atoms with van der Waals surface area (Å²) in [5.41, 5.74) is 4.03. The normalized spacial score (nSPS) is 18.1. The van der Waals surface area contributed by atoms with E-state index >= 15 is 0 Å². The van der Waals surface area contributed by atoms with Gasteiger partial charge in [0.2, 0.25) is 0 Å². The first-order chi connectivity index (χ1) is 9.06. The fourth-order valence-corrected chi connectivity index (χ4v) is 3.20. The predicted molar refractivity (Wildman–Crippen MR) is 77.1 cm³/mol. The Morgan fingerprint density at radius 1 is 1.32 bits per heavy atom. The largest absolute Gasteiger partial charge is 0.394 e. The van der Waals surface area contributed by atoms with Crippen molar-refractivity contribution in [3.8, 4) is 0 Å². The van der Waals surface area contributed by atoms with Gasteiger partial charge in [0.1, 0.15) is 0 Å². The first-order valence-electron chi connectivity index (χ1n) is 7.40. The molecule has 0 radical (unpaired) electrons. The van der Waals surface area contributed by atoms with Crippen molar-refractivity contribution >= 4 is 0 Å². The highest BCUT2D eigenvalue weighted by Crippen LogP contribution is 2.36. The van der Waals surface area contributed by atoms with Crippen LogP contribution in [0.25, 0.3) is 0 Å². The molecular formula is C15H27N3O. The summed E-state index contributed by atoms with van der Waals surface area (Å²) in [5.74, 6) is 0. The Hall–Kier alpha value is -0.870. The van der Waals surface area contributed by atoms with Crippen LogP contribution in [-0.4, -0.2) is 28.0 Å². The molecule has 2 N–H and O–H groups in total. The maximum absolute atomic E-state index is 9.02. The Balaban J connectivity index is 1.92. The van der Waals surface area contributed by atoms with E-state index in [4.69, 9.17) is 5.11 Å². The van der Waals surface area contributed by atoms with Gasteiger partial charge in [0.05, 0.1) is 18.8 Å². The van der Waals surface area contributed by atoms with E-state index < -0.39 is 0 Å². The second-order valence-corrected chi connectivity index (χ2v) is 6.22. The van der Waals surface area contributed by atoms with E-state index in [0.717, 1.165) is 18.8 Å². The topological polar surface area (TPSA) is 50.1 Å². The van der Waals surface area contributed by atoms with Crippen molar-refractivity contribution in [1.82, 2.24) is 15.1 Å². The smallest absolute Gasteiger partial charge is 0.0644 e. The summed E-state index contributed by atoms with van der Waals surface area (Å²) in [4.78, 5) is 0. The summed E-state index contributed by atoms with van der Waals surface area (Å²) in [7, 11) is 0. The van der Waals surface area contributed by atoms with Crippen LogP contribution in [0.15, 0.2) is 0 Å². The second kappa shape index (κ2) is 6.06. The lowest BCUT2D eigenvalue weighted by molar-refractivity contribution is 0.267. The van der Waals surface area contributed by atoms with E-state index in [0.29, 0.717) is 12.0 Å². The first-order valence-corrected chi connectivity index (χ1v) is 7.40. The zero-order valence-corrected chi connectivity index (χ0v) is 12.5. The lowest BCUT2D eigenvalue weighted by Gasteiger charge is -2.23. The van der Waals surface area contributed by atoms with Crippen LogP contribution < -0.4 is 5.32 Å². The van der Waals surface area contributed by atoms with Crippen molar-refractivity contribution in [3.63, 3.8) is 0 Å². The van der Waals surface area contributed by atoms with Gasteiger partial charge in [0.15, 0.2) is 0 Å². The van der Waals surface area contributed by atoms with Crippen LogP contribution in [-0.2, 0) is 13.1 Å². The van der Waals surface area contributed by atoms with Gasteiger partial charge in [-0.2, -0.15) is 5.10 Å². The third-order valence-electron chi connectivity index (χ3n) is 4.51. The number of aliphatic hydroxyl groups excluding tert-OH is 1. The van der Waals surface area contributed by atoms with Gasteiger partial charge in [-0.15, -0.1) is 0 Å². The van der Waals surface area contributed by atoms with Gasteiger partial charge >= 0.3 is 0 Å². The number of nitrogens with one attached hydrogen (secondary N) is 1. The average molecular weight is 265 g/mol. The van der Waals surface area contributed by atoms with Crippen molar-refractivity contribution < 1.29 is 5.11 Å². The highest BCUT2D eigenvalue weighted by Gasteiger charge is 2.28. The molecule has 0 atom stereocenters. The van der Waals surface area contributed by atoms with E-state index in [9.17, 15) is 0 Å². The molecule has 1 aliphatic carbocycles. The third kappa shape index (κ3) is 3.37. The molecule has 108 valence electrons. The van der Waals surface area contributed by atoms with E-state index in [1.54, 1.807) is 0 Å². The summed E-state index contributed by atoms with van der Waals surface area (Å²) < 4.78 is 1.91.